The molecule has 7 heteroatoms. The van der Waals surface area contributed by atoms with Gasteiger partial charge in [-0.3, -0.25) is 14.5 Å². The summed E-state index contributed by atoms with van der Waals surface area (Å²) < 4.78 is 3.11. The van der Waals surface area contributed by atoms with Gasteiger partial charge >= 0.3 is 0 Å². The number of halogens is 1. The lowest BCUT2D eigenvalue weighted by Crippen LogP contribution is -2.51. The van der Waals surface area contributed by atoms with Crippen molar-refractivity contribution >= 4 is 27.7 Å². The number of carbonyl (C=O) groups excluding carboxylic acids is 2. The largest absolute Gasteiger partial charge is 0.352 e. The van der Waals surface area contributed by atoms with E-state index in [1.54, 1.807) is 6.08 Å². The van der Waals surface area contributed by atoms with Crippen LogP contribution in [0.1, 0.15) is 21.7 Å². The molecule has 0 spiro atoms. The lowest BCUT2D eigenvalue weighted by molar-refractivity contribution is -0.122. The van der Waals surface area contributed by atoms with E-state index in [-0.39, 0.29) is 11.8 Å². The zero-order valence-corrected chi connectivity index (χ0v) is 18.5. The molecule has 0 atom stereocenters. The summed E-state index contributed by atoms with van der Waals surface area (Å²) in [6.07, 6.45) is 1.67. The molecule has 1 aromatic carbocycles. The number of amides is 2. The van der Waals surface area contributed by atoms with Crippen LogP contribution in [0.15, 0.2) is 47.5 Å². The molecule has 154 valence electrons. The van der Waals surface area contributed by atoms with E-state index >= 15 is 0 Å². The number of benzene rings is 1. The molecule has 1 aliphatic heterocycles. The first-order valence-corrected chi connectivity index (χ1v) is 10.5. The molecule has 2 heterocycles. The van der Waals surface area contributed by atoms with Crippen LogP contribution in [-0.2, 0) is 4.79 Å². The number of nitrogens with zero attached hydrogens (tertiary/aromatic N) is 3. The van der Waals surface area contributed by atoms with E-state index in [1.807, 2.05) is 49.1 Å². The van der Waals surface area contributed by atoms with Crippen molar-refractivity contribution in [3.8, 4) is 5.69 Å². The van der Waals surface area contributed by atoms with Gasteiger partial charge in [-0.15, -0.1) is 6.58 Å². The molecule has 0 unspecified atom stereocenters. The van der Waals surface area contributed by atoms with Crippen molar-refractivity contribution in [1.82, 2.24) is 19.7 Å². The van der Waals surface area contributed by atoms with Gasteiger partial charge in [0.2, 0.25) is 5.91 Å². The Hall–Kier alpha value is -2.38. The average molecular weight is 459 g/mol. The summed E-state index contributed by atoms with van der Waals surface area (Å²) in [7, 11) is 0. The molecular weight excluding hydrogens is 432 g/mol. The predicted octanol–water partition coefficient (Wildman–Crippen LogP) is 2.92. The highest BCUT2D eigenvalue weighted by atomic mass is 79.9. The van der Waals surface area contributed by atoms with Gasteiger partial charge in [0.25, 0.3) is 5.91 Å². The second-order valence-electron chi connectivity index (χ2n) is 7.26. The Morgan fingerprint density at radius 3 is 2.55 bits per heavy atom. The van der Waals surface area contributed by atoms with Crippen molar-refractivity contribution in [2.75, 3.05) is 39.3 Å². The quantitative estimate of drug-likeness (QED) is 0.676. The fourth-order valence-corrected chi connectivity index (χ4v) is 4.10. The zero-order chi connectivity index (χ0) is 21.0. The molecule has 0 radical (unpaired) electrons. The summed E-state index contributed by atoms with van der Waals surface area (Å²) in [4.78, 5) is 29.0. The minimum absolute atomic E-state index is 0.0118. The SMILES string of the molecule is C=CCNC(=O)CN1CCN(C(=O)c2cc(C)n(-c3cccc(Br)c3)c2C)CC1. The Balaban J connectivity index is 1.67. The molecule has 3 rings (SSSR count). The summed E-state index contributed by atoms with van der Waals surface area (Å²) in [5.74, 6) is 0.0392. The van der Waals surface area contributed by atoms with Crippen molar-refractivity contribution in [2.24, 2.45) is 0 Å². The monoisotopic (exact) mass is 458 g/mol. The van der Waals surface area contributed by atoms with Gasteiger partial charge in [-0.25, -0.2) is 0 Å². The molecule has 1 aliphatic rings. The lowest BCUT2D eigenvalue weighted by atomic mass is 10.2. The first kappa shape index (κ1) is 21.3. The van der Waals surface area contributed by atoms with Gasteiger partial charge in [0, 0.05) is 54.3 Å². The second kappa shape index (κ2) is 9.41. The van der Waals surface area contributed by atoms with Gasteiger partial charge in [0.05, 0.1) is 12.1 Å². The number of hydrogen-bond donors (Lipinski definition) is 1. The van der Waals surface area contributed by atoms with Crippen LogP contribution in [0, 0.1) is 13.8 Å². The predicted molar refractivity (Wildman–Crippen MR) is 118 cm³/mol. The van der Waals surface area contributed by atoms with E-state index in [0.717, 1.165) is 27.1 Å². The van der Waals surface area contributed by atoms with Crippen molar-refractivity contribution in [1.29, 1.82) is 0 Å². The Morgan fingerprint density at radius 2 is 1.90 bits per heavy atom. The van der Waals surface area contributed by atoms with E-state index in [1.165, 1.54) is 0 Å². The van der Waals surface area contributed by atoms with Crippen LogP contribution in [0.4, 0.5) is 0 Å². The maximum atomic E-state index is 13.1. The molecule has 1 fully saturated rings. The van der Waals surface area contributed by atoms with Crippen LogP contribution in [0.5, 0.6) is 0 Å². The highest BCUT2D eigenvalue weighted by Crippen LogP contribution is 2.24. The number of nitrogens with one attached hydrogen (secondary N) is 1. The molecule has 29 heavy (non-hydrogen) atoms. The second-order valence-corrected chi connectivity index (χ2v) is 8.18. The summed E-state index contributed by atoms with van der Waals surface area (Å²) in [6, 6.07) is 10.0. The number of aryl methyl sites for hydroxylation is 1. The third-order valence-electron chi connectivity index (χ3n) is 5.20. The molecule has 1 aromatic heterocycles. The molecule has 1 saturated heterocycles. The van der Waals surface area contributed by atoms with E-state index in [4.69, 9.17) is 0 Å². The molecule has 2 amide bonds. The molecule has 1 N–H and O–H groups in total. The third kappa shape index (κ3) is 4.97. The smallest absolute Gasteiger partial charge is 0.255 e. The maximum Gasteiger partial charge on any atom is 0.255 e. The standard InChI is InChI=1S/C22H27BrN4O2/c1-4-8-24-21(28)15-25-9-11-26(12-10-25)22(29)20-13-16(2)27(17(20)3)19-7-5-6-18(23)14-19/h4-7,13-14H,1,8-12,15H2,2-3H3,(H,24,28). The van der Waals surface area contributed by atoms with Crippen molar-refractivity contribution < 1.29 is 9.59 Å². The first-order chi connectivity index (χ1) is 13.9. The van der Waals surface area contributed by atoms with E-state index < -0.39 is 0 Å². The van der Waals surface area contributed by atoms with Crippen molar-refractivity contribution in [3.63, 3.8) is 0 Å². The molecule has 0 bridgehead atoms. The molecule has 2 aromatic rings. The number of carbonyl (C=O) groups is 2. The minimum atomic E-state index is -0.0118. The van der Waals surface area contributed by atoms with Gasteiger partial charge in [-0.05, 0) is 38.1 Å². The summed E-state index contributed by atoms with van der Waals surface area (Å²) in [5, 5.41) is 2.79. The first-order valence-electron chi connectivity index (χ1n) is 9.75. The van der Waals surface area contributed by atoms with Gasteiger partial charge < -0.3 is 14.8 Å². The van der Waals surface area contributed by atoms with Gasteiger partial charge in [-0.1, -0.05) is 28.1 Å². The van der Waals surface area contributed by atoms with Crippen LogP contribution in [-0.4, -0.2) is 65.4 Å². The minimum Gasteiger partial charge on any atom is -0.352 e. The molecule has 0 saturated carbocycles. The fraction of sp³-hybridized carbons (Fsp3) is 0.364. The van der Waals surface area contributed by atoms with Gasteiger partial charge in [0.15, 0.2) is 0 Å². The highest BCUT2D eigenvalue weighted by Gasteiger charge is 2.26. The van der Waals surface area contributed by atoms with Crippen molar-refractivity contribution in [3.05, 3.63) is 64.4 Å². The number of piperazine rings is 1. The van der Waals surface area contributed by atoms with Crippen molar-refractivity contribution in [2.45, 2.75) is 13.8 Å². The van der Waals surface area contributed by atoms with Crippen LogP contribution in [0.3, 0.4) is 0 Å². The van der Waals surface area contributed by atoms with Crippen LogP contribution < -0.4 is 5.32 Å². The normalized spacial score (nSPS) is 14.7. The molecule has 0 aliphatic carbocycles. The fourth-order valence-electron chi connectivity index (χ4n) is 3.72. The summed E-state index contributed by atoms with van der Waals surface area (Å²) in [5.41, 5.74) is 3.74. The lowest BCUT2D eigenvalue weighted by Gasteiger charge is -2.34. The van der Waals surface area contributed by atoms with Gasteiger partial charge in [0.1, 0.15) is 0 Å². The number of rotatable bonds is 6. The Labute approximate surface area is 180 Å². The molecule has 6 nitrogen and oxygen atoms in total. The van der Waals surface area contributed by atoms with E-state index in [0.29, 0.717) is 39.3 Å². The average Bonchev–Trinajstić information content (AvgIpc) is 3.00. The summed E-state index contributed by atoms with van der Waals surface area (Å²) in [6.45, 7) is 11.1. The third-order valence-corrected chi connectivity index (χ3v) is 5.69. The van der Waals surface area contributed by atoms with Crippen LogP contribution >= 0.6 is 15.9 Å². The Kier molecular flexibility index (Phi) is 6.92. The van der Waals surface area contributed by atoms with E-state index in [2.05, 4.69) is 37.3 Å². The Morgan fingerprint density at radius 1 is 1.17 bits per heavy atom. The maximum absolute atomic E-state index is 13.1. The van der Waals surface area contributed by atoms with Crippen LogP contribution in [0.25, 0.3) is 5.69 Å². The molecular formula is C22H27BrN4O2. The highest BCUT2D eigenvalue weighted by molar-refractivity contribution is 9.10. The Bertz CT molecular complexity index is 914. The number of hydrogen-bond acceptors (Lipinski definition) is 3. The van der Waals surface area contributed by atoms with Gasteiger partial charge in [-0.2, -0.15) is 0 Å². The summed E-state index contributed by atoms with van der Waals surface area (Å²) >= 11 is 3.52. The van der Waals surface area contributed by atoms with E-state index in [9.17, 15) is 9.59 Å². The topological polar surface area (TPSA) is 57.6 Å². The zero-order valence-electron chi connectivity index (χ0n) is 16.9. The van der Waals surface area contributed by atoms with Crippen LogP contribution in [0.2, 0.25) is 0 Å². The number of aromatic nitrogens is 1.